The van der Waals surface area contributed by atoms with Crippen LogP contribution in [-0.2, 0) is 6.54 Å². The van der Waals surface area contributed by atoms with Crippen molar-refractivity contribution in [3.63, 3.8) is 0 Å². The molecule has 1 saturated carbocycles. The van der Waals surface area contributed by atoms with E-state index in [-0.39, 0.29) is 5.82 Å². The van der Waals surface area contributed by atoms with Crippen LogP contribution >= 0.6 is 0 Å². The molecule has 1 aromatic rings. The molecular formula is C14H19FN+. The van der Waals surface area contributed by atoms with Gasteiger partial charge in [-0.1, -0.05) is 18.2 Å². The molecule has 1 aliphatic carbocycles. The summed E-state index contributed by atoms with van der Waals surface area (Å²) in [7, 11) is 2.30. The first kappa shape index (κ1) is 10.3. The van der Waals surface area contributed by atoms with Crippen molar-refractivity contribution in [3.8, 4) is 0 Å². The van der Waals surface area contributed by atoms with Crippen LogP contribution in [0, 0.1) is 11.7 Å². The highest BCUT2D eigenvalue weighted by Crippen LogP contribution is 2.42. The van der Waals surface area contributed by atoms with Crippen LogP contribution in [0.4, 0.5) is 4.39 Å². The van der Waals surface area contributed by atoms with E-state index in [1.807, 2.05) is 12.1 Å². The number of piperidine rings is 1. The summed E-state index contributed by atoms with van der Waals surface area (Å²) in [5, 5.41) is 0. The van der Waals surface area contributed by atoms with Crippen LogP contribution in [0.3, 0.4) is 0 Å². The molecule has 1 heterocycles. The summed E-state index contributed by atoms with van der Waals surface area (Å²) in [4.78, 5) is 0. The number of hydrogen-bond acceptors (Lipinski definition) is 0. The van der Waals surface area contributed by atoms with Gasteiger partial charge in [-0.05, 0) is 18.9 Å². The lowest BCUT2D eigenvalue weighted by Gasteiger charge is -2.38. The summed E-state index contributed by atoms with van der Waals surface area (Å²) in [6, 6.07) is 8.01. The number of halogens is 1. The molecule has 2 bridgehead atoms. The molecule has 2 unspecified atom stereocenters. The van der Waals surface area contributed by atoms with E-state index in [0.29, 0.717) is 0 Å². The molecule has 2 heteroatoms. The second-order valence-corrected chi connectivity index (χ2v) is 5.74. The van der Waals surface area contributed by atoms with E-state index in [0.717, 1.165) is 28.6 Å². The number of hydrogen-bond donors (Lipinski definition) is 0. The quantitative estimate of drug-likeness (QED) is 0.672. The zero-order chi connectivity index (χ0) is 11.2. The fourth-order valence-electron chi connectivity index (χ4n) is 3.73. The van der Waals surface area contributed by atoms with Gasteiger partial charge in [-0.25, -0.2) is 4.39 Å². The van der Waals surface area contributed by atoms with Crippen LogP contribution in [0.5, 0.6) is 0 Å². The number of fused-ring (bicyclic) bond motifs is 2. The molecule has 0 N–H and O–H groups in total. The first-order chi connectivity index (χ1) is 7.67. The highest BCUT2D eigenvalue weighted by atomic mass is 19.1. The Labute approximate surface area is 96.5 Å². The predicted molar refractivity (Wildman–Crippen MR) is 62.3 cm³/mol. The van der Waals surface area contributed by atoms with Gasteiger partial charge in [0.2, 0.25) is 0 Å². The van der Waals surface area contributed by atoms with Gasteiger partial charge >= 0.3 is 0 Å². The van der Waals surface area contributed by atoms with Crippen LogP contribution in [0.25, 0.3) is 0 Å². The zero-order valence-corrected chi connectivity index (χ0v) is 9.82. The summed E-state index contributed by atoms with van der Waals surface area (Å²) < 4.78 is 14.7. The lowest BCUT2D eigenvalue weighted by Crippen LogP contribution is -2.49. The summed E-state index contributed by atoms with van der Waals surface area (Å²) in [6.07, 6.45) is 4.11. The normalized spacial score (nSPS) is 36.9. The largest absolute Gasteiger partial charge is 0.320 e. The van der Waals surface area contributed by atoms with Gasteiger partial charge in [-0.2, -0.15) is 0 Å². The predicted octanol–water partition coefficient (Wildman–Crippen LogP) is 2.95. The molecule has 1 saturated heterocycles. The summed E-state index contributed by atoms with van der Waals surface area (Å²) in [5.74, 6) is 0.867. The lowest BCUT2D eigenvalue weighted by molar-refractivity contribution is -0.938. The third-order valence-electron chi connectivity index (χ3n) is 4.56. The van der Waals surface area contributed by atoms with E-state index in [1.165, 1.54) is 25.8 Å². The van der Waals surface area contributed by atoms with E-state index in [4.69, 9.17) is 0 Å². The molecule has 1 nitrogen and oxygen atoms in total. The number of quaternary nitrogens is 1. The lowest BCUT2D eigenvalue weighted by atomic mass is 10.1. The maximum Gasteiger partial charge on any atom is 0.132 e. The van der Waals surface area contributed by atoms with E-state index in [1.54, 1.807) is 12.1 Å². The van der Waals surface area contributed by atoms with Crippen LogP contribution in [0.15, 0.2) is 24.3 Å². The van der Waals surface area contributed by atoms with Crippen molar-refractivity contribution in [1.82, 2.24) is 0 Å². The first-order valence-corrected chi connectivity index (χ1v) is 6.25. The minimum atomic E-state index is -0.0374. The zero-order valence-electron chi connectivity index (χ0n) is 9.82. The summed E-state index contributed by atoms with van der Waals surface area (Å²) >= 11 is 0. The first-order valence-electron chi connectivity index (χ1n) is 6.25. The van der Waals surface area contributed by atoms with E-state index in [2.05, 4.69) is 7.05 Å². The average molecular weight is 220 g/mol. The van der Waals surface area contributed by atoms with Crippen molar-refractivity contribution in [2.75, 3.05) is 13.6 Å². The van der Waals surface area contributed by atoms with Crippen molar-refractivity contribution >= 4 is 0 Å². The standard InChI is InChI=1S/C14H19FN/c1-16(9-11-6-7-13(16)8-11)10-12-4-2-3-5-14(12)15/h2-5,11,13H,6-10H2,1H3/q+1/t11?,13-,16?/m0/s1. The number of likely N-dealkylation sites (tertiary alicyclic amines) is 1. The van der Waals surface area contributed by atoms with E-state index >= 15 is 0 Å². The third-order valence-corrected chi connectivity index (χ3v) is 4.56. The van der Waals surface area contributed by atoms with Gasteiger partial charge in [0.1, 0.15) is 12.4 Å². The number of nitrogens with zero attached hydrogens (tertiary/aromatic N) is 1. The molecule has 0 radical (unpaired) electrons. The van der Waals surface area contributed by atoms with Crippen LogP contribution in [0.2, 0.25) is 0 Å². The fraction of sp³-hybridized carbons (Fsp3) is 0.571. The van der Waals surface area contributed by atoms with Gasteiger partial charge in [0, 0.05) is 17.9 Å². The van der Waals surface area contributed by atoms with Crippen molar-refractivity contribution in [2.24, 2.45) is 5.92 Å². The maximum absolute atomic E-state index is 13.6. The third kappa shape index (κ3) is 1.56. The Morgan fingerprint density at radius 2 is 2.12 bits per heavy atom. The van der Waals surface area contributed by atoms with E-state index in [9.17, 15) is 4.39 Å². The van der Waals surface area contributed by atoms with Crippen molar-refractivity contribution in [2.45, 2.75) is 31.8 Å². The number of benzene rings is 1. The van der Waals surface area contributed by atoms with Gasteiger partial charge in [0.15, 0.2) is 0 Å². The smallest absolute Gasteiger partial charge is 0.132 e. The maximum atomic E-state index is 13.6. The monoisotopic (exact) mass is 220 g/mol. The Morgan fingerprint density at radius 1 is 1.31 bits per heavy atom. The molecular weight excluding hydrogens is 201 g/mol. The molecule has 1 aliphatic heterocycles. The van der Waals surface area contributed by atoms with Crippen molar-refractivity contribution in [1.29, 1.82) is 0 Å². The highest BCUT2D eigenvalue weighted by Gasteiger charge is 2.48. The van der Waals surface area contributed by atoms with Crippen LogP contribution in [0.1, 0.15) is 24.8 Å². The molecule has 3 atom stereocenters. The molecule has 2 fully saturated rings. The average Bonchev–Trinajstić information content (AvgIpc) is 2.81. The van der Waals surface area contributed by atoms with Crippen LogP contribution < -0.4 is 0 Å². The van der Waals surface area contributed by atoms with Gasteiger partial charge < -0.3 is 4.48 Å². The molecule has 0 spiro atoms. The Balaban J connectivity index is 1.82. The van der Waals surface area contributed by atoms with Crippen molar-refractivity contribution in [3.05, 3.63) is 35.6 Å². The summed E-state index contributed by atoms with van der Waals surface area (Å²) in [6.45, 7) is 2.12. The molecule has 2 aliphatic rings. The molecule has 0 amide bonds. The van der Waals surface area contributed by atoms with Gasteiger partial charge in [0.25, 0.3) is 0 Å². The molecule has 86 valence electrons. The topological polar surface area (TPSA) is 0 Å². The minimum absolute atomic E-state index is 0.0374. The Bertz CT molecular complexity index is 403. The minimum Gasteiger partial charge on any atom is -0.320 e. The Morgan fingerprint density at radius 3 is 2.75 bits per heavy atom. The molecule has 0 aromatic heterocycles. The number of rotatable bonds is 2. The second kappa shape index (κ2) is 3.56. The molecule has 1 aromatic carbocycles. The van der Waals surface area contributed by atoms with Crippen molar-refractivity contribution < 1.29 is 8.87 Å². The summed E-state index contributed by atoms with van der Waals surface area (Å²) in [5.41, 5.74) is 0.887. The van der Waals surface area contributed by atoms with Gasteiger partial charge in [0.05, 0.1) is 19.6 Å². The highest BCUT2D eigenvalue weighted by molar-refractivity contribution is 5.16. The Kier molecular flexibility index (Phi) is 2.28. The Hall–Kier alpha value is -0.890. The van der Waals surface area contributed by atoms with E-state index < -0.39 is 0 Å². The molecule has 16 heavy (non-hydrogen) atoms. The van der Waals surface area contributed by atoms with Crippen LogP contribution in [-0.4, -0.2) is 24.1 Å². The fourth-order valence-corrected chi connectivity index (χ4v) is 3.73. The van der Waals surface area contributed by atoms with Gasteiger partial charge in [-0.15, -0.1) is 0 Å². The second-order valence-electron chi connectivity index (χ2n) is 5.74. The SMILES string of the molecule is C[N+]1(Cc2ccccc2F)CC2CC[C@H]1C2. The van der Waals surface area contributed by atoms with Gasteiger partial charge in [-0.3, -0.25) is 0 Å². The molecule has 3 rings (SSSR count).